The number of hydrogen-bond acceptors (Lipinski definition) is 2. The largest absolute Gasteiger partial charge is 0.299 e. The quantitative estimate of drug-likeness (QED) is 0.354. The minimum Gasteiger partial charge on any atom is -0.284 e. The van der Waals surface area contributed by atoms with Crippen LogP contribution in [0.4, 0.5) is 0 Å². The first-order valence-corrected chi connectivity index (χ1v) is 3.80. The maximum atomic E-state index is 9.51. The van der Waals surface area contributed by atoms with Crippen molar-refractivity contribution < 1.29 is 18.1 Å². The maximum absolute atomic E-state index is 9.51. The second-order valence-electron chi connectivity index (χ2n) is 1.14. The Bertz CT molecular complexity index is 72.0. The van der Waals surface area contributed by atoms with E-state index in [4.69, 9.17) is 13.3 Å². The zero-order valence-electron chi connectivity index (χ0n) is 4.62. The smallest absolute Gasteiger partial charge is 0.284 e. The molecule has 0 aromatic heterocycles. The van der Waals surface area contributed by atoms with Crippen LogP contribution in [0.2, 0.25) is 0 Å². The molecular weight excluding hydrogens is 143 g/mol. The van der Waals surface area contributed by atoms with Crippen LogP contribution in [0, 0.1) is 0 Å². The molecule has 8 heavy (non-hydrogen) atoms. The van der Waals surface area contributed by atoms with Crippen LogP contribution in [0.1, 0.15) is 6.92 Å². The standard InChI is InChI=1S/C2H3O.Na.H2O3S/c1-2-3;;1-4(2)3/h1H3;;(H2,1,2,3). The van der Waals surface area contributed by atoms with Crippen molar-refractivity contribution in [3.05, 3.63) is 0 Å². The van der Waals surface area contributed by atoms with Gasteiger partial charge in [0, 0.05) is 0 Å². The molecule has 0 spiro atoms. The molecule has 0 radical (unpaired) electrons. The Kier molecular flexibility index (Phi) is 11.2. The zero-order valence-corrected chi connectivity index (χ0v) is 7.44. The first kappa shape index (κ1) is 11.5. The monoisotopic (exact) mass is 148 g/mol. The third-order valence-electron chi connectivity index (χ3n) is 0. The molecule has 0 aliphatic carbocycles. The van der Waals surface area contributed by atoms with Crippen molar-refractivity contribution in [1.29, 1.82) is 0 Å². The van der Waals surface area contributed by atoms with E-state index < -0.39 is 11.4 Å². The van der Waals surface area contributed by atoms with Crippen LogP contribution in [0.15, 0.2) is 0 Å². The van der Waals surface area contributed by atoms with Gasteiger partial charge < -0.3 is 0 Å². The predicted octanol–water partition coefficient (Wildman–Crippen LogP) is -0.617. The summed E-state index contributed by atoms with van der Waals surface area (Å²) < 4.78 is 23.1. The molecule has 0 rings (SSSR count). The molecule has 6 heteroatoms. The Morgan fingerprint density at radius 1 is 1.62 bits per heavy atom. The summed E-state index contributed by atoms with van der Waals surface area (Å²) in [5.41, 5.74) is 0. The van der Waals surface area contributed by atoms with Crippen molar-refractivity contribution in [2.24, 2.45) is 0 Å². The minimum atomic E-state index is -2.61. The molecule has 0 bridgehead atoms. The van der Waals surface area contributed by atoms with Gasteiger partial charge in [0.2, 0.25) is 0 Å². The minimum absolute atomic E-state index is 0.306. The van der Waals surface area contributed by atoms with Gasteiger partial charge in [-0.1, -0.05) is 0 Å². The molecular formula is C2H5NaO4S. The fourth-order valence-electron chi connectivity index (χ4n) is 0. The molecule has 0 amide bonds. The van der Waals surface area contributed by atoms with Crippen LogP contribution >= 0.6 is 0 Å². The molecule has 0 fully saturated rings. The van der Waals surface area contributed by atoms with Crippen LogP contribution in [0.3, 0.4) is 0 Å². The van der Waals surface area contributed by atoms with E-state index in [9.17, 15) is 4.79 Å². The third-order valence-corrected chi connectivity index (χ3v) is 0. The van der Waals surface area contributed by atoms with Gasteiger partial charge >= 0.3 is 42.7 Å². The van der Waals surface area contributed by atoms with Crippen molar-refractivity contribution in [2.45, 2.75) is 6.92 Å². The van der Waals surface area contributed by atoms with Crippen LogP contribution in [-0.2, 0) is 16.2 Å². The molecule has 0 saturated heterocycles. The molecule has 4 nitrogen and oxygen atoms in total. The van der Waals surface area contributed by atoms with Gasteiger partial charge in [0.15, 0.2) is 0 Å². The zero-order chi connectivity index (χ0) is 7.15. The molecule has 0 aliphatic rings. The van der Waals surface area contributed by atoms with Gasteiger partial charge in [-0.2, -0.15) is 4.21 Å². The molecule has 0 unspecified atom stereocenters. The van der Waals surface area contributed by atoms with E-state index in [1.807, 2.05) is 0 Å². The fourth-order valence-corrected chi connectivity index (χ4v) is 0. The molecule has 0 aromatic carbocycles. The summed E-state index contributed by atoms with van der Waals surface area (Å²) in [7, 11) is 0. The van der Waals surface area contributed by atoms with E-state index >= 15 is 0 Å². The van der Waals surface area contributed by atoms with E-state index in [0.717, 1.165) is 0 Å². The van der Waals surface area contributed by atoms with Crippen LogP contribution in [0.25, 0.3) is 0 Å². The first-order chi connectivity index (χ1) is 3.46. The topological polar surface area (TPSA) is 74.6 Å². The summed E-state index contributed by atoms with van der Waals surface area (Å²) in [5, 5.41) is 0. The van der Waals surface area contributed by atoms with Crippen molar-refractivity contribution in [3.8, 4) is 0 Å². The number of hydrogen-bond donors (Lipinski definition) is 2. The first-order valence-electron chi connectivity index (χ1n) is 1.74. The van der Waals surface area contributed by atoms with Crippen LogP contribution in [0.5, 0.6) is 0 Å². The molecule has 0 aromatic rings. The van der Waals surface area contributed by atoms with Crippen LogP contribution in [-0.4, -0.2) is 44.3 Å². The van der Waals surface area contributed by atoms with E-state index in [-0.39, 0.29) is 0 Å². The van der Waals surface area contributed by atoms with E-state index in [2.05, 4.69) is 0 Å². The molecule has 0 atom stereocenters. The van der Waals surface area contributed by atoms with Gasteiger partial charge in [0.1, 0.15) is 0 Å². The van der Waals surface area contributed by atoms with Gasteiger partial charge in [-0.3, -0.25) is 9.11 Å². The van der Waals surface area contributed by atoms with Gasteiger partial charge in [0.25, 0.3) is 11.4 Å². The van der Waals surface area contributed by atoms with Crippen molar-refractivity contribution in [2.75, 3.05) is 0 Å². The third kappa shape index (κ3) is 406. The molecule has 44 valence electrons. The van der Waals surface area contributed by atoms with E-state index in [1.54, 1.807) is 6.92 Å². The summed E-state index contributed by atoms with van der Waals surface area (Å²) in [6.07, 6.45) is 0. The Morgan fingerprint density at radius 3 is 1.62 bits per heavy atom. The maximum Gasteiger partial charge on any atom is 0.299 e. The van der Waals surface area contributed by atoms with Crippen LogP contribution < -0.4 is 0 Å². The average molecular weight is 148 g/mol. The number of carbonyl (C=O) groups excluding carboxylic acids is 1. The van der Waals surface area contributed by atoms with E-state index in [1.165, 1.54) is 0 Å². The predicted molar refractivity (Wildman–Crippen MR) is 29.8 cm³/mol. The Labute approximate surface area is 67.2 Å². The SMILES string of the molecule is C[C](=O)[Na].O=S(O)O. The number of rotatable bonds is 0. The van der Waals surface area contributed by atoms with Gasteiger partial charge in [0.05, 0.1) is 0 Å². The average Bonchev–Trinajstić information content (AvgIpc) is 1.25. The van der Waals surface area contributed by atoms with Crippen molar-refractivity contribution in [1.82, 2.24) is 0 Å². The molecule has 0 aliphatic heterocycles. The Morgan fingerprint density at radius 2 is 1.62 bits per heavy atom. The molecule has 0 saturated carbocycles. The second kappa shape index (κ2) is 7.74. The summed E-state index contributed by atoms with van der Waals surface area (Å²) in [4.78, 5) is 9.51. The van der Waals surface area contributed by atoms with E-state index in [0.29, 0.717) is 31.0 Å². The number of carbonyl (C=O) groups is 1. The molecule has 2 N–H and O–H groups in total. The fraction of sp³-hybridized carbons (Fsp3) is 0.500. The normalized spacial score (nSPS) is 7.75. The summed E-state index contributed by atoms with van der Waals surface area (Å²) >= 11 is -1.90. The summed E-state index contributed by atoms with van der Waals surface area (Å²) in [6, 6.07) is 0. The van der Waals surface area contributed by atoms with Gasteiger partial charge in [-0.25, -0.2) is 0 Å². The van der Waals surface area contributed by atoms with Crippen molar-refractivity contribution in [3.63, 3.8) is 0 Å². The molecule has 0 heterocycles. The van der Waals surface area contributed by atoms with Gasteiger partial charge in [-0.15, -0.1) is 0 Å². The Hall–Kier alpha value is 0.740. The summed E-state index contributed by atoms with van der Waals surface area (Å²) in [5.74, 6) is 0. The Balaban J connectivity index is 0. The van der Waals surface area contributed by atoms with Crippen molar-refractivity contribution >= 4 is 42.3 Å². The summed E-state index contributed by atoms with van der Waals surface area (Å²) in [6.45, 7) is 1.59. The second-order valence-corrected chi connectivity index (χ2v) is 3.01. The van der Waals surface area contributed by atoms with Gasteiger partial charge in [-0.05, 0) is 0 Å².